The van der Waals surface area contributed by atoms with Crippen LogP contribution in [0.4, 0.5) is 5.82 Å². The van der Waals surface area contributed by atoms with Crippen molar-refractivity contribution in [3.05, 3.63) is 38.9 Å². The molecule has 2 aromatic heterocycles. The Morgan fingerprint density at radius 2 is 2.12 bits per heavy atom. The van der Waals surface area contributed by atoms with Gasteiger partial charge in [0.1, 0.15) is 5.82 Å². The highest BCUT2D eigenvalue weighted by atomic mass is 35.5. The molecule has 0 aliphatic heterocycles. The second-order valence-corrected chi connectivity index (χ2v) is 5.24. The summed E-state index contributed by atoms with van der Waals surface area (Å²) < 4.78 is 0. The van der Waals surface area contributed by atoms with Gasteiger partial charge in [0, 0.05) is 21.5 Å². The Kier molecular flexibility index (Phi) is 3.41. The van der Waals surface area contributed by atoms with Crippen molar-refractivity contribution in [2.24, 2.45) is 0 Å². The molecular formula is C11H12ClN3S. The number of hydrogen-bond acceptors (Lipinski definition) is 4. The SMILES string of the molecule is Cc1cc(NCc2ccc(C)s2)nc(Cl)n1. The van der Waals surface area contributed by atoms with E-state index in [1.807, 2.05) is 13.0 Å². The van der Waals surface area contributed by atoms with Gasteiger partial charge in [0.25, 0.3) is 0 Å². The number of rotatable bonds is 3. The Morgan fingerprint density at radius 3 is 2.75 bits per heavy atom. The van der Waals surface area contributed by atoms with Crippen LogP contribution in [0.25, 0.3) is 0 Å². The van der Waals surface area contributed by atoms with Crippen molar-refractivity contribution in [1.82, 2.24) is 9.97 Å². The van der Waals surface area contributed by atoms with Crippen LogP contribution < -0.4 is 5.32 Å². The fraction of sp³-hybridized carbons (Fsp3) is 0.273. The number of nitrogens with one attached hydrogen (secondary N) is 1. The largest absolute Gasteiger partial charge is 0.365 e. The first-order valence-electron chi connectivity index (χ1n) is 4.94. The van der Waals surface area contributed by atoms with Crippen LogP contribution in [-0.4, -0.2) is 9.97 Å². The van der Waals surface area contributed by atoms with Gasteiger partial charge in [-0.15, -0.1) is 11.3 Å². The molecule has 0 unspecified atom stereocenters. The van der Waals surface area contributed by atoms with Gasteiger partial charge in [-0.25, -0.2) is 9.97 Å². The number of nitrogens with zero attached hydrogens (tertiary/aromatic N) is 2. The lowest BCUT2D eigenvalue weighted by Crippen LogP contribution is -2.01. The summed E-state index contributed by atoms with van der Waals surface area (Å²) >= 11 is 7.55. The number of thiophene rings is 1. The smallest absolute Gasteiger partial charge is 0.224 e. The molecule has 0 aromatic carbocycles. The van der Waals surface area contributed by atoms with Gasteiger partial charge in [0.2, 0.25) is 5.28 Å². The van der Waals surface area contributed by atoms with Gasteiger partial charge in [0.15, 0.2) is 0 Å². The Hall–Kier alpha value is -1.13. The first-order chi connectivity index (χ1) is 7.63. The van der Waals surface area contributed by atoms with E-state index < -0.39 is 0 Å². The molecule has 2 heterocycles. The van der Waals surface area contributed by atoms with Gasteiger partial charge in [0.05, 0.1) is 6.54 Å². The van der Waals surface area contributed by atoms with Crippen molar-refractivity contribution in [3.8, 4) is 0 Å². The van der Waals surface area contributed by atoms with E-state index in [4.69, 9.17) is 11.6 Å². The Morgan fingerprint density at radius 1 is 1.31 bits per heavy atom. The first kappa shape index (κ1) is 11.4. The molecule has 0 fully saturated rings. The van der Waals surface area contributed by atoms with Crippen LogP contribution in [0.1, 0.15) is 15.4 Å². The topological polar surface area (TPSA) is 37.8 Å². The molecule has 84 valence electrons. The highest BCUT2D eigenvalue weighted by Crippen LogP contribution is 2.17. The fourth-order valence-electron chi connectivity index (χ4n) is 1.38. The monoisotopic (exact) mass is 253 g/mol. The molecule has 0 aliphatic rings. The molecule has 5 heteroatoms. The third-order valence-electron chi connectivity index (χ3n) is 2.07. The van der Waals surface area contributed by atoms with Crippen molar-refractivity contribution in [1.29, 1.82) is 0 Å². The molecule has 0 amide bonds. The Balaban J connectivity index is 2.04. The number of aryl methyl sites for hydroxylation is 2. The number of anilines is 1. The predicted molar refractivity (Wildman–Crippen MR) is 68.2 cm³/mol. The zero-order valence-electron chi connectivity index (χ0n) is 9.12. The molecule has 0 saturated carbocycles. The summed E-state index contributed by atoms with van der Waals surface area (Å²) in [4.78, 5) is 10.7. The quantitative estimate of drug-likeness (QED) is 0.852. The van der Waals surface area contributed by atoms with Gasteiger partial charge in [-0.2, -0.15) is 0 Å². The van der Waals surface area contributed by atoms with Crippen molar-refractivity contribution in [3.63, 3.8) is 0 Å². The van der Waals surface area contributed by atoms with E-state index in [1.54, 1.807) is 11.3 Å². The molecule has 0 atom stereocenters. The van der Waals surface area contributed by atoms with Crippen molar-refractivity contribution >= 4 is 28.8 Å². The maximum Gasteiger partial charge on any atom is 0.224 e. The Labute approximate surface area is 104 Å². The minimum absolute atomic E-state index is 0.282. The standard InChI is InChI=1S/C11H12ClN3S/c1-7-5-10(15-11(12)14-7)13-6-9-4-3-8(2)16-9/h3-5H,6H2,1-2H3,(H,13,14,15). The van der Waals surface area contributed by atoms with Crippen LogP contribution >= 0.6 is 22.9 Å². The van der Waals surface area contributed by atoms with Crippen molar-refractivity contribution in [2.75, 3.05) is 5.32 Å². The van der Waals surface area contributed by atoms with Crippen LogP contribution in [0, 0.1) is 13.8 Å². The average Bonchev–Trinajstić information content (AvgIpc) is 2.60. The lowest BCUT2D eigenvalue weighted by Gasteiger charge is -2.04. The first-order valence-corrected chi connectivity index (χ1v) is 6.13. The average molecular weight is 254 g/mol. The lowest BCUT2D eigenvalue weighted by atomic mass is 10.4. The number of aromatic nitrogens is 2. The molecule has 0 spiro atoms. The van der Waals surface area contributed by atoms with Gasteiger partial charge < -0.3 is 5.32 Å². The highest BCUT2D eigenvalue weighted by molar-refractivity contribution is 7.11. The van der Waals surface area contributed by atoms with Gasteiger partial charge in [-0.1, -0.05) is 0 Å². The zero-order valence-corrected chi connectivity index (χ0v) is 10.7. The molecule has 0 bridgehead atoms. The molecule has 0 saturated heterocycles. The summed E-state index contributed by atoms with van der Waals surface area (Å²) in [6.45, 7) is 4.76. The molecular weight excluding hydrogens is 242 g/mol. The summed E-state index contributed by atoms with van der Waals surface area (Å²) in [6.07, 6.45) is 0. The zero-order chi connectivity index (χ0) is 11.5. The highest BCUT2D eigenvalue weighted by Gasteiger charge is 2.01. The molecule has 0 radical (unpaired) electrons. The summed E-state index contributed by atoms with van der Waals surface area (Å²) in [5.41, 5.74) is 0.866. The van der Waals surface area contributed by atoms with Crippen LogP contribution in [0.2, 0.25) is 5.28 Å². The number of halogens is 1. The summed E-state index contributed by atoms with van der Waals surface area (Å²) in [7, 11) is 0. The minimum Gasteiger partial charge on any atom is -0.365 e. The van der Waals surface area contributed by atoms with E-state index in [-0.39, 0.29) is 5.28 Å². The molecule has 3 nitrogen and oxygen atoms in total. The molecule has 0 aliphatic carbocycles. The summed E-state index contributed by atoms with van der Waals surface area (Å²) in [5.74, 6) is 0.767. The van der Waals surface area contributed by atoms with E-state index in [0.717, 1.165) is 18.1 Å². The summed E-state index contributed by atoms with van der Waals surface area (Å²) in [5, 5.41) is 3.51. The van der Waals surface area contributed by atoms with Crippen LogP contribution in [0.3, 0.4) is 0 Å². The Bertz CT molecular complexity index is 475. The van der Waals surface area contributed by atoms with Crippen LogP contribution in [-0.2, 0) is 6.54 Å². The minimum atomic E-state index is 0.282. The lowest BCUT2D eigenvalue weighted by molar-refractivity contribution is 1.06. The third kappa shape index (κ3) is 2.93. The third-order valence-corrected chi connectivity index (χ3v) is 3.24. The van der Waals surface area contributed by atoms with Crippen molar-refractivity contribution < 1.29 is 0 Å². The maximum absolute atomic E-state index is 5.78. The van der Waals surface area contributed by atoms with Gasteiger partial charge in [-0.3, -0.25) is 0 Å². The second kappa shape index (κ2) is 4.80. The van der Waals surface area contributed by atoms with E-state index in [9.17, 15) is 0 Å². The normalized spacial score (nSPS) is 10.4. The molecule has 1 N–H and O–H groups in total. The van der Waals surface area contributed by atoms with E-state index in [1.165, 1.54) is 9.75 Å². The van der Waals surface area contributed by atoms with E-state index >= 15 is 0 Å². The molecule has 2 rings (SSSR count). The van der Waals surface area contributed by atoms with Crippen molar-refractivity contribution in [2.45, 2.75) is 20.4 Å². The predicted octanol–water partition coefficient (Wildman–Crippen LogP) is 3.42. The maximum atomic E-state index is 5.78. The second-order valence-electron chi connectivity index (χ2n) is 3.53. The summed E-state index contributed by atoms with van der Waals surface area (Å²) in [6, 6.07) is 6.11. The van der Waals surface area contributed by atoms with Gasteiger partial charge in [-0.05, 0) is 37.6 Å². The fourth-order valence-corrected chi connectivity index (χ4v) is 2.44. The van der Waals surface area contributed by atoms with Gasteiger partial charge >= 0.3 is 0 Å². The molecule has 16 heavy (non-hydrogen) atoms. The van der Waals surface area contributed by atoms with Crippen LogP contribution in [0.5, 0.6) is 0 Å². The van der Waals surface area contributed by atoms with E-state index in [2.05, 4.69) is 34.3 Å². The molecule has 2 aromatic rings. The number of hydrogen-bond donors (Lipinski definition) is 1. The van der Waals surface area contributed by atoms with Crippen LogP contribution in [0.15, 0.2) is 18.2 Å². The van der Waals surface area contributed by atoms with E-state index in [0.29, 0.717) is 0 Å².